The molecule has 1 aliphatic rings. The first-order chi connectivity index (χ1) is 8.94. The van der Waals surface area contributed by atoms with Crippen LogP contribution in [0.25, 0.3) is 0 Å². The Morgan fingerprint density at radius 2 is 2.11 bits per heavy atom. The van der Waals surface area contributed by atoms with Crippen LogP contribution in [0.2, 0.25) is 0 Å². The molecule has 1 aliphatic carbocycles. The highest BCUT2D eigenvalue weighted by atomic mass is 32.2. The van der Waals surface area contributed by atoms with Gasteiger partial charge in [0.25, 0.3) is 0 Å². The molecular weight excluding hydrogens is 280 g/mol. The normalized spacial score (nSPS) is 18.9. The summed E-state index contributed by atoms with van der Waals surface area (Å²) in [5.74, 6) is 0.477. The molecule has 1 saturated carbocycles. The van der Waals surface area contributed by atoms with E-state index >= 15 is 0 Å². The van der Waals surface area contributed by atoms with Gasteiger partial charge < -0.3 is 5.73 Å². The van der Waals surface area contributed by atoms with Gasteiger partial charge >= 0.3 is 0 Å². The summed E-state index contributed by atoms with van der Waals surface area (Å²) < 4.78 is 27.9. The lowest BCUT2D eigenvalue weighted by Crippen LogP contribution is -2.36. The Morgan fingerprint density at radius 3 is 2.63 bits per heavy atom. The predicted octanol–water partition coefficient (Wildman–Crippen LogP) is 2.37. The molecule has 2 rings (SSSR count). The third-order valence-electron chi connectivity index (χ3n) is 3.90. The highest BCUT2D eigenvalue weighted by Crippen LogP contribution is 2.30. The van der Waals surface area contributed by atoms with Crippen molar-refractivity contribution in [1.82, 2.24) is 4.72 Å². The van der Waals surface area contributed by atoms with E-state index < -0.39 is 10.0 Å². The fraction of sp³-hybridized carbons (Fsp3) is 0.692. The van der Waals surface area contributed by atoms with Crippen LogP contribution in [0.15, 0.2) is 10.3 Å². The molecule has 19 heavy (non-hydrogen) atoms. The van der Waals surface area contributed by atoms with Crippen LogP contribution in [-0.4, -0.2) is 14.5 Å². The van der Waals surface area contributed by atoms with Gasteiger partial charge in [-0.15, -0.1) is 11.3 Å². The van der Waals surface area contributed by atoms with Crippen LogP contribution in [-0.2, 0) is 16.6 Å². The molecule has 0 aromatic carbocycles. The van der Waals surface area contributed by atoms with Crippen LogP contribution in [0.3, 0.4) is 0 Å². The summed E-state index contributed by atoms with van der Waals surface area (Å²) in [5.41, 5.74) is 6.56. The molecule has 108 valence electrons. The summed E-state index contributed by atoms with van der Waals surface area (Å²) in [7, 11) is -3.40. The van der Waals surface area contributed by atoms with Crippen LogP contribution in [0.4, 0.5) is 0 Å². The lowest BCUT2D eigenvalue weighted by molar-refractivity contribution is 0.424. The third-order valence-corrected chi connectivity index (χ3v) is 7.19. The molecule has 0 radical (unpaired) electrons. The number of nitrogens with two attached hydrogens (primary N) is 1. The molecule has 0 aliphatic heterocycles. The minimum atomic E-state index is -3.40. The second-order valence-electron chi connectivity index (χ2n) is 5.33. The van der Waals surface area contributed by atoms with E-state index in [9.17, 15) is 8.42 Å². The summed E-state index contributed by atoms with van der Waals surface area (Å²) in [6, 6.07) is 1.73. The number of aryl methyl sites for hydroxylation is 1. The first-order valence-corrected chi connectivity index (χ1v) is 9.05. The first-order valence-electron chi connectivity index (χ1n) is 6.75. The van der Waals surface area contributed by atoms with Crippen molar-refractivity contribution in [2.45, 2.75) is 56.3 Å². The Balaban J connectivity index is 2.12. The fourth-order valence-corrected chi connectivity index (χ4v) is 5.48. The van der Waals surface area contributed by atoms with Crippen molar-refractivity contribution in [2.24, 2.45) is 11.7 Å². The van der Waals surface area contributed by atoms with Crippen molar-refractivity contribution in [1.29, 1.82) is 0 Å². The van der Waals surface area contributed by atoms with Crippen LogP contribution < -0.4 is 10.5 Å². The maximum absolute atomic E-state index is 12.3. The van der Waals surface area contributed by atoms with E-state index in [2.05, 4.69) is 4.72 Å². The van der Waals surface area contributed by atoms with Gasteiger partial charge in [0, 0.05) is 17.5 Å². The van der Waals surface area contributed by atoms with Gasteiger partial charge in [0.15, 0.2) is 0 Å². The molecule has 0 saturated heterocycles. The lowest BCUT2D eigenvalue weighted by Gasteiger charge is -2.19. The average Bonchev–Trinajstić information content (AvgIpc) is 2.96. The van der Waals surface area contributed by atoms with Crippen molar-refractivity contribution < 1.29 is 8.42 Å². The van der Waals surface area contributed by atoms with E-state index in [1.807, 2.05) is 13.8 Å². The van der Waals surface area contributed by atoms with E-state index in [0.29, 0.717) is 16.7 Å². The highest BCUT2D eigenvalue weighted by molar-refractivity contribution is 7.91. The largest absolute Gasteiger partial charge is 0.326 e. The summed E-state index contributed by atoms with van der Waals surface area (Å²) in [6.07, 6.45) is 4.68. The maximum Gasteiger partial charge on any atom is 0.250 e. The Morgan fingerprint density at radius 1 is 1.47 bits per heavy atom. The molecule has 1 aromatic heterocycles. The van der Waals surface area contributed by atoms with Crippen LogP contribution in [0.1, 0.15) is 43.0 Å². The second-order valence-corrected chi connectivity index (χ2v) is 8.41. The minimum Gasteiger partial charge on any atom is -0.326 e. The van der Waals surface area contributed by atoms with Crippen molar-refractivity contribution in [3.63, 3.8) is 0 Å². The van der Waals surface area contributed by atoms with Crippen LogP contribution in [0.5, 0.6) is 0 Å². The molecule has 1 unspecified atom stereocenters. The topological polar surface area (TPSA) is 72.2 Å². The highest BCUT2D eigenvalue weighted by Gasteiger charge is 2.27. The number of nitrogens with one attached hydrogen (secondary N) is 1. The van der Waals surface area contributed by atoms with Crippen LogP contribution >= 0.6 is 11.3 Å². The number of thiophene rings is 1. The molecular formula is C13H22N2O2S2. The number of rotatable bonds is 5. The second kappa shape index (κ2) is 5.91. The number of hydrogen-bond donors (Lipinski definition) is 2. The Bertz CT molecular complexity index is 531. The van der Waals surface area contributed by atoms with Crippen molar-refractivity contribution in [3.05, 3.63) is 16.5 Å². The quantitative estimate of drug-likeness (QED) is 0.877. The monoisotopic (exact) mass is 302 g/mol. The lowest BCUT2D eigenvalue weighted by atomic mass is 10.0. The first kappa shape index (κ1) is 15.0. The van der Waals surface area contributed by atoms with Crippen molar-refractivity contribution in [3.8, 4) is 0 Å². The maximum atomic E-state index is 12.3. The molecule has 0 amide bonds. The SMILES string of the molecule is Cc1cc(S(=O)(=O)NC(C)C2CCCC2)sc1CN. The van der Waals surface area contributed by atoms with Gasteiger partial charge in [-0.3, -0.25) is 0 Å². The Labute approximate surface area is 119 Å². The molecule has 1 atom stereocenters. The van der Waals surface area contributed by atoms with Gasteiger partial charge in [0.05, 0.1) is 0 Å². The van der Waals surface area contributed by atoms with E-state index in [4.69, 9.17) is 5.73 Å². The van der Waals surface area contributed by atoms with Gasteiger partial charge in [-0.1, -0.05) is 12.8 Å². The predicted molar refractivity (Wildman–Crippen MR) is 78.7 cm³/mol. The molecule has 1 heterocycles. The number of sulfonamides is 1. The summed E-state index contributed by atoms with van der Waals surface area (Å²) >= 11 is 1.28. The van der Waals surface area contributed by atoms with E-state index in [0.717, 1.165) is 23.3 Å². The van der Waals surface area contributed by atoms with E-state index in [-0.39, 0.29) is 6.04 Å². The minimum absolute atomic E-state index is 0.0104. The van der Waals surface area contributed by atoms with Crippen LogP contribution in [0, 0.1) is 12.8 Å². The van der Waals surface area contributed by atoms with Gasteiger partial charge in [0.2, 0.25) is 10.0 Å². The molecule has 1 aromatic rings. The molecule has 3 N–H and O–H groups in total. The zero-order valence-corrected chi connectivity index (χ0v) is 13.1. The van der Waals surface area contributed by atoms with E-state index in [1.54, 1.807) is 6.07 Å². The van der Waals surface area contributed by atoms with Gasteiger partial charge in [0.1, 0.15) is 4.21 Å². The average molecular weight is 302 g/mol. The zero-order valence-electron chi connectivity index (χ0n) is 11.5. The molecule has 0 bridgehead atoms. The van der Waals surface area contributed by atoms with Crippen molar-refractivity contribution in [2.75, 3.05) is 0 Å². The Kier molecular flexibility index (Phi) is 4.66. The standard InChI is InChI=1S/C13H22N2O2S2/c1-9-7-13(18-12(9)8-14)19(16,17)15-10(2)11-5-3-4-6-11/h7,10-11,15H,3-6,8,14H2,1-2H3. The number of hydrogen-bond acceptors (Lipinski definition) is 4. The summed E-state index contributed by atoms with van der Waals surface area (Å²) in [4.78, 5) is 0.939. The molecule has 6 heteroatoms. The van der Waals surface area contributed by atoms with Gasteiger partial charge in [-0.2, -0.15) is 0 Å². The molecule has 4 nitrogen and oxygen atoms in total. The zero-order chi connectivity index (χ0) is 14.0. The third kappa shape index (κ3) is 3.37. The van der Waals surface area contributed by atoms with Gasteiger partial charge in [-0.25, -0.2) is 13.1 Å². The smallest absolute Gasteiger partial charge is 0.250 e. The molecule has 1 fully saturated rings. The van der Waals surface area contributed by atoms with E-state index in [1.165, 1.54) is 24.2 Å². The molecule has 0 spiro atoms. The Hall–Kier alpha value is -0.430. The van der Waals surface area contributed by atoms with Crippen molar-refractivity contribution >= 4 is 21.4 Å². The van der Waals surface area contributed by atoms with Gasteiger partial charge in [-0.05, 0) is 44.2 Å². The fourth-order valence-electron chi connectivity index (χ4n) is 2.68. The summed E-state index contributed by atoms with van der Waals surface area (Å²) in [5, 5.41) is 0. The summed E-state index contributed by atoms with van der Waals surface area (Å²) in [6.45, 7) is 4.26.